The van der Waals surface area contributed by atoms with Crippen LogP contribution in [0.1, 0.15) is 17.2 Å². The lowest BCUT2D eigenvalue weighted by Crippen LogP contribution is -2.31. The zero-order valence-electron chi connectivity index (χ0n) is 14.4. The zero-order chi connectivity index (χ0) is 18.2. The van der Waals surface area contributed by atoms with E-state index >= 15 is 0 Å². The molecule has 4 heteroatoms. The zero-order valence-corrected chi connectivity index (χ0v) is 15.1. The number of anilines is 1. The van der Waals surface area contributed by atoms with E-state index in [-0.39, 0.29) is 12.6 Å². The van der Waals surface area contributed by atoms with Gasteiger partial charge in [0.15, 0.2) is 0 Å². The second-order valence-corrected chi connectivity index (χ2v) is 6.49. The van der Waals surface area contributed by atoms with E-state index < -0.39 is 6.10 Å². The molecule has 26 heavy (non-hydrogen) atoms. The maximum Gasteiger partial charge on any atom is 0.105 e. The third-order valence-electron chi connectivity index (χ3n) is 4.18. The molecule has 0 radical (unpaired) electrons. The summed E-state index contributed by atoms with van der Waals surface area (Å²) in [5.74, 6) is 0. The second kappa shape index (κ2) is 9.39. The molecule has 0 unspecified atom stereocenters. The van der Waals surface area contributed by atoms with Crippen molar-refractivity contribution in [1.29, 1.82) is 0 Å². The molecular weight excluding hydrogens is 346 g/mol. The van der Waals surface area contributed by atoms with E-state index in [9.17, 15) is 5.11 Å². The largest absolute Gasteiger partial charge is 0.394 e. The van der Waals surface area contributed by atoms with Crippen molar-refractivity contribution in [3.8, 4) is 0 Å². The first kappa shape index (κ1) is 18.5. The summed E-state index contributed by atoms with van der Waals surface area (Å²) in [6, 6.07) is 27.3. The minimum Gasteiger partial charge on any atom is -0.394 e. The normalized spacial score (nSPS) is 13.2. The number of hydrogen-bond acceptors (Lipinski definition) is 3. The molecule has 3 aromatic rings. The topological polar surface area (TPSA) is 41.5 Å². The highest BCUT2D eigenvalue weighted by molar-refractivity contribution is 6.30. The molecule has 2 N–H and O–H groups in total. The third-order valence-corrected chi connectivity index (χ3v) is 4.44. The molecule has 0 fully saturated rings. The monoisotopic (exact) mass is 367 g/mol. The first-order chi connectivity index (χ1) is 12.8. The molecule has 0 aromatic heterocycles. The van der Waals surface area contributed by atoms with Crippen molar-refractivity contribution in [3.63, 3.8) is 0 Å². The van der Waals surface area contributed by atoms with Gasteiger partial charge in [-0.05, 0) is 35.4 Å². The Morgan fingerprint density at radius 2 is 1.46 bits per heavy atom. The van der Waals surface area contributed by atoms with Gasteiger partial charge in [-0.2, -0.15) is 0 Å². The van der Waals surface area contributed by atoms with Crippen molar-refractivity contribution in [1.82, 2.24) is 0 Å². The molecule has 0 saturated heterocycles. The van der Waals surface area contributed by atoms with Gasteiger partial charge in [0.1, 0.15) is 6.10 Å². The van der Waals surface area contributed by atoms with Gasteiger partial charge in [-0.25, -0.2) is 0 Å². The minimum atomic E-state index is -0.406. The smallest absolute Gasteiger partial charge is 0.105 e. The SMILES string of the molecule is OC[C@@H](OCc1ccccc1)[C@H](Nc1ccccc1)c1ccc(Cl)cc1. The fourth-order valence-corrected chi connectivity index (χ4v) is 2.93. The average molecular weight is 368 g/mol. The summed E-state index contributed by atoms with van der Waals surface area (Å²) in [5.41, 5.74) is 3.04. The van der Waals surface area contributed by atoms with Crippen LogP contribution in [0.3, 0.4) is 0 Å². The van der Waals surface area contributed by atoms with E-state index in [0.29, 0.717) is 11.6 Å². The molecule has 0 heterocycles. The lowest BCUT2D eigenvalue weighted by molar-refractivity contribution is -0.00891. The number of halogens is 1. The number of benzene rings is 3. The summed E-state index contributed by atoms with van der Waals surface area (Å²) in [4.78, 5) is 0. The molecule has 0 aliphatic carbocycles. The maximum atomic E-state index is 9.98. The maximum absolute atomic E-state index is 9.98. The molecule has 0 amide bonds. The van der Waals surface area contributed by atoms with E-state index in [1.807, 2.05) is 84.9 Å². The quantitative estimate of drug-likeness (QED) is 0.584. The molecular formula is C22H22ClNO2. The van der Waals surface area contributed by atoms with Crippen LogP contribution in [-0.2, 0) is 11.3 Å². The van der Waals surface area contributed by atoms with Crippen molar-refractivity contribution in [2.75, 3.05) is 11.9 Å². The fraction of sp³-hybridized carbons (Fsp3) is 0.182. The van der Waals surface area contributed by atoms with E-state index in [4.69, 9.17) is 16.3 Å². The average Bonchev–Trinajstić information content (AvgIpc) is 2.70. The molecule has 2 atom stereocenters. The summed E-state index contributed by atoms with van der Waals surface area (Å²) in [6.45, 7) is 0.340. The summed E-state index contributed by atoms with van der Waals surface area (Å²) in [6.07, 6.45) is -0.406. The van der Waals surface area contributed by atoms with Crippen LogP contribution in [0.25, 0.3) is 0 Å². The number of nitrogens with one attached hydrogen (secondary N) is 1. The third kappa shape index (κ3) is 5.09. The van der Waals surface area contributed by atoms with Gasteiger partial charge in [0.05, 0.1) is 19.3 Å². The van der Waals surface area contributed by atoms with E-state index in [0.717, 1.165) is 16.8 Å². The predicted molar refractivity (Wildman–Crippen MR) is 106 cm³/mol. The van der Waals surface area contributed by atoms with Crippen LogP contribution in [0, 0.1) is 0 Å². The van der Waals surface area contributed by atoms with Crippen LogP contribution in [0.5, 0.6) is 0 Å². The number of rotatable bonds is 8. The van der Waals surface area contributed by atoms with E-state index in [1.165, 1.54) is 0 Å². The number of aliphatic hydroxyl groups excluding tert-OH is 1. The van der Waals surface area contributed by atoms with Crippen LogP contribution < -0.4 is 5.32 Å². The molecule has 0 aliphatic heterocycles. The fourth-order valence-electron chi connectivity index (χ4n) is 2.81. The van der Waals surface area contributed by atoms with Crippen molar-refractivity contribution in [2.24, 2.45) is 0 Å². The van der Waals surface area contributed by atoms with Gasteiger partial charge in [-0.1, -0.05) is 72.3 Å². The Kier molecular flexibility index (Phi) is 6.67. The number of hydrogen-bond donors (Lipinski definition) is 2. The number of ether oxygens (including phenoxy) is 1. The molecule has 0 spiro atoms. The second-order valence-electron chi connectivity index (χ2n) is 6.06. The summed E-state index contributed by atoms with van der Waals surface area (Å²) in [5, 5.41) is 14.1. The van der Waals surface area contributed by atoms with E-state index in [2.05, 4.69) is 5.32 Å². The Morgan fingerprint density at radius 1 is 0.846 bits per heavy atom. The van der Waals surface area contributed by atoms with Gasteiger partial charge < -0.3 is 15.2 Å². The lowest BCUT2D eigenvalue weighted by atomic mass is 10.0. The molecule has 0 bridgehead atoms. The van der Waals surface area contributed by atoms with Crippen molar-refractivity contribution in [2.45, 2.75) is 18.8 Å². The lowest BCUT2D eigenvalue weighted by Gasteiger charge is -2.28. The first-order valence-corrected chi connectivity index (χ1v) is 8.97. The van der Waals surface area contributed by atoms with Gasteiger partial charge in [-0.15, -0.1) is 0 Å². The van der Waals surface area contributed by atoms with Crippen LogP contribution in [0.2, 0.25) is 5.02 Å². The summed E-state index contributed by atoms with van der Waals surface area (Å²) >= 11 is 6.03. The van der Waals surface area contributed by atoms with Crippen molar-refractivity contribution < 1.29 is 9.84 Å². The Labute approximate surface area is 159 Å². The van der Waals surface area contributed by atoms with Crippen LogP contribution in [0.4, 0.5) is 5.69 Å². The van der Waals surface area contributed by atoms with Gasteiger partial charge in [0.2, 0.25) is 0 Å². The Hall–Kier alpha value is -2.33. The molecule has 0 aliphatic rings. The van der Waals surface area contributed by atoms with Crippen LogP contribution in [-0.4, -0.2) is 17.8 Å². The highest BCUT2D eigenvalue weighted by Gasteiger charge is 2.23. The van der Waals surface area contributed by atoms with Crippen LogP contribution in [0.15, 0.2) is 84.9 Å². The number of aliphatic hydroxyl groups is 1. The molecule has 134 valence electrons. The molecule has 3 rings (SSSR count). The Balaban J connectivity index is 1.80. The van der Waals surface area contributed by atoms with Crippen molar-refractivity contribution >= 4 is 17.3 Å². The van der Waals surface area contributed by atoms with Crippen LogP contribution >= 0.6 is 11.6 Å². The highest BCUT2D eigenvalue weighted by atomic mass is 35.5. The highest BCUT2D eigenvalue weighted by Crippen LogP contribution is 2.26. The first-order valence-electron chi connectivity index (χ1n) is 8.59. The Morgan fingerprint density at radius 3 is 2.08 bits per heavy atom. The standard InChI is InChI=1S/C22H22ClNO2/c23-19-13-11-18(12-14-19)22(24-20-9-5-2-6-10-20)21(15-25)26-16-17-7-3-1-4-8-17/h1-14,21-22,24-25H,15-16H2/t21-,22-/m1/s1. The minimum absolute atomic E-state index is 0.0973. The van der Waals surface area contributed by atoms with Gasteiger partial charge >= 0.3 is 0 Å². The number of para-hydroxylation sites is 1. The van der Waals surface area contributed by atoms with Crippen molar-refractivity contribution in [3.05, 3.63) is 101 Å². The molecule has 3 aromatic carbocycles. The van der Waals surface area contributed by atoms with Gasteiger partial charge in [-0.3, -0.25) is 0 Å². The predicted octanol–water partition coefficient (Wildman–Crippen LogP) is 5.07. The van der Waals surface area contributed by atoms with Gasteiger partial charge in [0, 0.05) is 10.7 Å². The molecule has 3 nitrogen and oxygen atoms in total. The summed E-state index contributed by atoms with van der Waals surface area (Å²) < 4.78 is 6.05. The Bertz CT molecular complexity index is 778. The van der Waals surface area contributed by atoms with E-state index in [1.54, 1.807) is 0 Å². The molecule has 0 saturated carbocycles. The summed E-state index contributed by atoms with van der Waals surface area (Å²) in [7, 11) is 0. The van der Waals surface area contributed by atoms with Gasteiger partial charge in [0.25, 0.3) is 0 Å².